The molecule has 14 heteroatoms. The highest BCUT2D eigenvalue weighted by molar-refractivity contribution is 8.57. The number of hydrogen-bond acceptors (Lipinski definition) is 13. The summed E-state index contributed by atoms with van der Waals surface area (Å²) in [5, 5.41) is 0. The van der Waals surface area contributed by atoms with Crippen molar-refractivity contribution in [3.05, 3.63) is 0 Å². The van der Waals surface area contributed by atoms with Gasteiger partial charge >= 0.3 is 31.0 Å². The summed E-state index contributed by atoms with van der Waals surface area (Å²) in [6.07, 6.45) is -5.13. The second-order valence-corrected chi connectivity index (χ2v) is 12.4. The smallest absolute Gasteiger partial charge is 0.303 e. The Hall–Kier alpha value is -1.50. The van der Waals surface area contributed by atoms with Crippen molar-refractivity contribution >= 4 is 42.4 Å². The van der Waals surface area contributed by atoms with Gasteiger partial charge in [0.15, 0.2) is 23.7 Å². The van der Waals surface area contributed by atoms with Gasteiger partial charge in [-0.05, 0) is 0 Å². The fraction of sp³-hybridized carbons (Fsp3) is 0.789. The fourth-order valence-electron chi connectivity index (χ4n) is 3.05. The first-order valence-electron chi connectivity index (χ1n) is 10.1. The molecule has 0 aliphatic carbocycles. The Balaban J connectivity index is 2.39. The van der Waals surface area contributed by atoms with Crippen LogP contribution >= 0.6 is 18.5 Å². The second-order valence-electron chi connectivity index (χ2n) is 8.33. The van der Waals surface area contributed by atoms with E-state index >= 15 is 0 Å². The summed E-state index contributed by atoms with van der Waals surface area (Å²) in [4.78, 5) is 60.0. The average Bonchev–Trinajstić information content (AvgIpc) is 2.67. The third kappa shape index (κ3) is 8.34. The number of ether oxygens (including phenoxy) is 5. The van der Waals surface area contributed by atoms with Gasteiger partial charge in [-0.1, -0.05) is 13.8 Å². The normalized spacial score (nSPS) is 30.6. The molecule has 2 saturated heterocycles. The molecule has 5 atom stereocenters. The number of hydrogen-bond donors (Lipinski definition) is 0. The van der Waals surface area contributed by atoms with Crippen molar-refractivity contribution in [3.8, 4) is 0 Å². The third-order valence-electron chi connectivity index (χ3n) is 4.41. The molecule has 12 nitrogen and oxygen atoms in total. The maximum atomic E-state index is 13.2. The third-order valence-corrected chi connectivity index (χ3v) is 8.17. The van der Waals surface area contributed by atoms with Crippen LogP contribution in [0.2, 0.25) is 0 Å². The molecule has 0 saturated carbocycles. The van der Waals surface area contributed by atoms with Gasteiger partial charge in [-0.3, -0.25) is 19.2 Å². The molecule has 0 bridgehead atoms. The van der Waals surface area contributed by atoms with Gasteiger partial charge in [-0.25, -0.2) is 0 Å². The molecule has 0 unspecified atom stereocenters. The topological polar surface area (TPSA) is 156 Å². The van der Waals surface area contributed by atoms with Crippen molar-refractivity contribution in [1.29, 1.82) is 0 Å². The Labute approximate surface area is 196 Å². The Bertz CT molecular complexity index is 749. The molecule has 0 spiro atoms. The van der Waals surface area contributed by atoms with E-state index in [1.165, 1.54) is 6.92 Å². The maximum absolute atomic E-state index is 13.2. The molecule has 2 fully saturated rings. The molecule has 0 amide bonds. The van der Waals surface area contributed by atoms with E-state index in [-0.39, 0.29) is 25.2 Å². The van der Waals surface area contributed by atoms with Gasteiger partial charge in [0, 0.05) is 33.1 Å². The van der Waals surface area contributed by atoms with E-state index in [9.17, 15) is 24.1 Å². The van der Waals surface area contributed by atoms with Crippen molar-refractivity contribution in [2.75, 3.05) is 19.8 Å². The molecular weight excluding hydrogens is 483 g/mol. The van der Waals surface area contributed by atoms with Gasteiger partial charge in [0.05, 0.1) is 0 Å². The van der Waals surface area contributed by atoms with Crippen LogP contribution in [-0.2, 0) is 51.9 Å². The van der Waals surface area contributed by atoms with E-state index in [0.29, 0.717) is 11.4 Å². The highest BCUT2D eigenvalue weighted by Gasteiger charge is 2.57. The standard InChI is InChI=1S/C19H29O12PS/c1-10(20)25-7-14-15(28-11(2)21)16(29-12(3)22)17(30-13(4)23)18(31-14)33-32(24)26-8-19(5,6)9-27-32/h14-18H,7-9H2,1-6H3/t14-,15-,16+,17-,18-/m1/s1. The van der Waals surface area contributed by atoms with Crippen LogP contribution in [0.3, 0.4) is 0 Å². The first kappa shape index (κ1) is 27.7. The second kappa shape index (κ2) is 11.3. The quantitative estimate of drug-likeness (QED) is 0.270. The first-order valence-corrected chi connectivity index (χ1v) is 13.1. The molecule has 0 aromatic carbocycles. The molecule has 0 aromatic heterocycles. The summed E-state index contributed by atoms with van der Waals surface area (Å²) in [5.74, 6) is -2.89. The zero-order chi connectivity index (χ0) is 25.0. The Morgan fingerprint density at radius 1 is 0.879 bits per heavy atom. The van der Waals surface area contributed by atoms with Crippen molar-refractivity contribution < 1.29 is 56.8 Å². The zero-order valence-electron chi connectivity index (χ0n) is 19.3. The fourth-order valence-corrected chi connectivity index (χ4v) is 6.99. The summed E-state index contributed by atoms with van der Waals surface area (Å²) in [6, 6.07) is 0. The largest absolute Gasteiger partial charge is 0.622 e. The summed E-state index contributed by atoms with van der Waals surface area (Å²) in [7, 11) is -3.77. The van der Waals surface area contributed by atoms with Crippen molar-refractivity contribution in [3.63, 3.8) is 0 Å². The minimum Gasteiger partial charge on any atom is -0.622 e. The number of carbonyl (C=O) groups is 4. The van der Waals surface area contributed by atoms with Crippen LogP contribution in [0.1, 0.15) is 41.5 Å². The summed E-state index contributed by atoms with van der Waals surface area (Å²) in [6.45, 7) is 8.18. The van der Waals surface area contributed by atoms with Crippen LogP contribution in [0, 0.1) is 5.41 Å². The van der Waals surface area contributed by atoms with Crippen LogP contribution in [0.15, 0.2) is 0 Å². The summed E-state index contributed by atoms with van der Waals surface area (Å²) in [5.41, 5.74) is -1.60. The Morgan fingerprint density at radius 3 is 1.85 bits per heavy atom. The van der Waals surface area contributed by atoms with E-state index < -0.39 is 60.9 Å². The lowest BCUT2D eigenvalue weighted by atomic mass is 9.97. The molecule has 2 aliphatic rings. The molecule has 0 N–H and O–H groups in total. The maximum Gasteiger partial charge on any atom is 0.303 e. The highest BCUT2D eigenvalue weighted by Crippen LogP contribution is 2.69. The van der Waals surface area contributed by atoms with E-state index in [2.05, 4.69) is 0 Å². The molecule has 0 radical (unpaired) electrons. The van der Waals surface area contributed by atoms with Gasteiger partial charge in [0.1, 0.15) is 37.3 Å². The van der Waals surface area contributed by atoms with Crippen LogP contribution < -0.4 is 4.89 Å². The molecule has 2 aliphatic heterocycles. The van der Waals surface area contributed by atoms with Crippen LogP contribution in [-0.4, -0.2) is 73.5 Å². The van der Waals surface area contributed by atoms with Gasteiger partial charge in [0.2, 0.25) is 0 Å². The monoisotopic (exact) mass is 512 g/mol. The SMILES string of the molecule is CC(=O)OC[C@H]1O[C@H](S[P+]2([O-])OCC(C)(C)CO2)[C@H](OC(C)=O)[C@@H](OC(C)=O)[C@@H]1OC(C)=O. The molecular formula is C19H29O12PS. The number of carbonyl (C=O) groups excluding carboxylic acids is 4. The molecule has 2 rings (SSSR count). The lowest BCUT2D eigenvalue weighted by Crippen LogP contribution is -2.61. The van der Waals surface area contributed by atoms with E-state index in [0.717, 1.165) is 20.8 Å². The van der Waals surface area contributed by atoms with Crippen molar-refractivity contribution in [1.82, 2.24) is 0 Å². The van der Waals surface area contributed by atoms with Crippen molar-refractivity contribution in [2.45, 2.75) is 71.4 Å². The van der Waals surface area contributed by atoms with Gasteiger partial charge in [-0.2, -0.15) is 9.05 Å². The molecule has 2 heterocycles. The van der Waals surface area contributed by atoms with E-state index in [4.69, 9.17) is 32.7 Å². The van der Waals surface area contributed by atoms with Crippen molar-refractivity contribution in [2.24, 2.45) is 5.41 Å². The average molecular weight is 512 g/mol. The Morgan fingerprint density at radius 2 is 1.36 bits per heavy atom. The predicted octanol–water partition coefficient (Wildman–Crippen LogP) is 0.914. The lowest BCUT2D eigenvalue weighted by molar-refractivity contribution is -0.239. The predicted molar refractivity (Wildman–Crippen MR) is 112 cm³/mol. The molecule has 33 heavy (non-hydrogen) atoms. The summed E-state index contributed by atoms with van der Waals surface area (Å²) >= 11 is 0.624. The lowest BCUT2D eigenvalue weighted by Gasteiger charge is -2.45. The van der Waals surface area contributed by atoms with Crippen LogP contribution in [0.4, 0.5) is 0 Å². The van der Waals surface area contributed by atoms with Gasteiger partial charge in [-0.15, -0.1) is 0 Å². The highest BCUT2D eigenvalue weighted by atomic mass is 32.7. The van der Waals surface area contributed by atoms with E-state index in [1.807, 2.05) is 13.8 Å². The minimum absolute atomic E-state index is 0.141. The Kier molecular flexibility index (Phi) is 9.49. The number of rotatable bonds is 7. The zero-order valence-corrected chi connectivity index (χ0v) is 21.0. The summed E-state index contributed by atoms with van der Waals surface area (Å²) < 4.78 is 37.8. The van der Waals surface area contributed by atoms with Crippen LogP contribution in [0.25, 0.3) is 0 Å². The first-order chi connectivity index (χ1) is 15.2. The number of esters is 4. The van der Waals surface area contributed by atoms with Crippen LogP contribution in [0.5, 0.6) is 0 Å². The minimum atomic E-state index is -3.77. The van der Waals surface area contributed by atoms with Gasteiger partial charge < -0.3 is 28.6 Å². The van der Waals surface area contributed by atoms with Gasteiger partial charge in [0.25, 0.3) is 0 Å². The molecule has 188 valence electrons. The van der Waals surface area contributed by atoms with E-state index in [1.54, 1.807) is 0 Å². The molecule has 0 aromatic rings.